The van der Waals surface area contributed by atoms with Crippen LogP contribution in [0.15, 0.2) is 34.9 Å². The van der Waals surface area contributed by atoms with Gasteiger partial charge in [0, 0.05) is 18.2 Å². The van der Waals surface area contributed by atoms with E-state index in [2.05, 4.69) is 24.3 Å². The van der Waals surface area contributed by atoms with Crippen LogP contribution in [0.2, 0.25) is 0 Å². The smallest absolute Gasteiger partial charge is 0.167 e. The van der Waals surface area contributed by atoms with Crippen LogP contribution in [0.25, 0.3) is 11.3 Å². The molecule has 0 aliphatic carbocycles. The maximum Gasteiger partial charge on any atom is 0.167 e. The van der Waals surface area contributed by atoms with Gasteiger partial charge in [-0.25, -0.2) is 0 Å². The van der Waals surface area contributed by atoms with Gasteiger partial charge in [0.05, 0.1) is 12.3 Å². The van der Waals surface area contributed by atoms with E-state index >= 15 is 0 Å². The summed E-state index contributed by atoms with van der Waals surface area (Å²) in [5.74, 6) is 1.71. The Morgan fingerprint density at radius 2 is 1.75 bits per heavy atom. The predicted molar refractivity (Wildman–Crippen MR) is 98.2 cm³/mol. The number of hydrogen-bond donors (Lipinski definition) is 1. The minimum absolute atomic E-state index is 0.736. The summed E-state index contributed by atoms with van der Waals surface area (Å²) in [5.41, 5.74) is 1.95. The van der Waals surface area contributed by atoms with E-state index < -0.39 is 0 Å². The number of nitrogens with zero attached hydrogens (tertiary/aromatic N) is 1. The molecule has 2 aromatic rings. The van der Waals surface area contributed by atoms with E-state index in [0.29, 0.717) is 0 Å². The minimum atomic E-state index is 0.736. The van der Waals surface area contributed by atoms with Gasteiger partial charge in [0.25, 0.3) is 0 Å². The number of hydrogen-bond acceptors (Lipinski definition) is 4. The van der Waals surface area contributed by atoms with Crippen LogP contribution < -0.4 is 10.1 Å². The molecule has 132 valence electrons. The van der Waals surface area contributed by atoms with Crippen LogP contribution in [0.3, 0.4) is 0 Å². The number of ether oxygens (including phenoxy) is 1. The second kappa shape index (κ2) is 10.9. The highest BCUT2D eigenvalue weighted by atomic mass is 16.5. The number of unbranched alkanes of at least 4 members (excludes halogenated alkanes) is 5. The largest absolute Gasteiger partial charge is 0.494 e. The summed E-state index contributed by atoms with van der Waals surface area (Å²) in [7, 11) is 0. The first-order valence-corrected chi connectivity index (χ1v) is 9.23. The molecule has 0 radical (unpaired) electrons. The van der Waals surface area contributed by atoms with Crippen molar-refractivity contribution in [1.82, 2.24) is 10.5 Å². The molecule has 2 rings (SSSR count). The van der Waals surface area contributed by atoms with Crippen molar-refractivity contribution in [1.29, 1.82) is 0 Å². The zero-order chi connectivity index (χ0) is 17.0. The van der Waals surface area contributed by atoms with Crippen molar-refractivity contribution in [2.45, 2.75) is 58.9 Å². The summed E-state index contributed by atoms with van der Waals surface area (Å²) in [6.45, 7) is 6.77. The molecule has 0 amide bonds. The molecule has 0 saturated heterocycles. The van der Waals surface area contributed by atoms with E-state index in [1.54, 1.807) is 0 Å². The first-order valence-electron chi connectivity index (χ1n) is 9.23. The maximum absolute atomic E-state index is 5.81. The maximum atomic E-state index is 5.81. The first-order chi connectivity index (χ1) is 11.8. The summed E-state index contributed by atoms with van der Waals surface area (Å²) in [6.07, 6.45) is 7.69. The molecule has 0 fully saturated rings. The second-order valence-corrected chi connectivity index (χ2v) is 6.10. The molecule has 24 heavy (non-hydrogen) atoms. The topological polar surface area (TPSA) is 47.3 Å². The quantitative estimate of drug-likeness (QED) is 0.544. The lowest BCUT2D eigenvalue weighted by Gasteiger charge is -2.06. The summed E-state index contributed by atoms with van der Waals surface area (Å²) in [5, 5.41) is 7.32. The lowest BCUT2D eigenvalue weighted by molar-refractivity contribution is 0.304. The molecule has 0 unspecified atom stereocenters. The Kier molecular flexibility index (Phi) is 8.39. The zero-order valence-corrected chi connectivity index (χ0v) is 15.0. The average Bonchev–Trinajstić information content (AvgIpc) is 3.08. The Balaban J connectivity index is 1.73. The van der Waals surface area contributed by atoms with E-state index in [0.717, 1.165) is 48.9 Å². The molecule has 0 spiro atoms. The van der Waals surface area contributed by atoms with Gasteiger partial charge in [0.15, 0.2) is 5.76 Å². The third-order valence-electron chi connectivity index (χ3n) is 4.02. The fourth-order valence-electron chi connectivity index (χ4n) is 2.57. The molecule has 0 atom stereocenters. The van der Waals surface area contributed by atoms with Crippen molar-refractivity contribution >= 4 is 0 Å². The molecular formula is C20H30N2O2. The van der Waals surface area contributed by atoms with Gasteiger partial charge in [0.2, 0.25) is 0 Å². The van der Waals surface area contributed by atoms with Crippen LogP contribution in [0.4, 0.5) is 0 Å². The Bertz CT molecular complexity index is 563. The van der Waals surface area contributed by atoms with Gasteiger partial charge in [-0.3, -0.25) is 0 Å². The van der Waals surface area contributed by atoms with Gasteiger partial charge in [-0.1, -0.05) is 51.1 Å². The monoisotopic (exact) mass is 330 g/mol. The molecule has 0 aliphatic rings. The molecule has 4 heteroatoms. The third-order valence-corrected chi connectivity index (χ3v) is 4.02. The van der Waals surface area contributed by atoms with Crippen LogP contribution in [-0.2, 0) is 6.54 Å². The molecule has 0 saturated carbocycles. The molecule has 0 aliphatic heterocycles. The number of rotatable bonds is 12. The lowest BCUT2D eigenvalue weighted by atomic mass is 10.1. The molecule has 4 nitrogen and oxygen atoms in total. The van der Waals surface area contributed by atoms with Crippen LogP contribution in [0, 0.1) is 0 Å². The fourth-order valence-corrected chi connectivity index (χ4v) is 2.57. The SMILES string of the molecule is CCCCCCCCOc1ccc(-c2cc(CNCC)no2)cc1. The Labute approximate surface area is 145 Å². The van der Waals surface area contributed by atoms with Crippen molar-refractivity contribution in [2.24, 2.45) is 0 Å². The molecule has 1 heterocycles. The Morgan fingerprint density at radius 1 is 1.00 bits per heavy atom. The molecule has 1 aromatic heterocycles. The molecular weight excluding hydrogens is 300 g/mol. The van der Waals surface area contributed by atoms with Gasteiger partial charge < -0.3 is 14.6 Å². The highest BCUT2D eigenvalue weighted by Gasteiger charge is 2.06. The number of nitrogens with one attached hydrogen (secondary N) is 1. The summed E-state index contributed by atoms with van der Waals surface area (Å²) >= 11 is 0. The summed E-state index contributed by atoms with van der Waals surface area (Å²) < 4.78 is 11.2. The van der Waals surface area contributed by atoms with Gasteiger partial charge >= 0.3 is 0 Å². The Hall–Kier alpha value is -1.81. The van der Waals surface area contributed by atoms with Crippen LogP contribution >= 0.6 is 0 Å². The van der Waals surface area contributed by atoms with Crippen molar-refractivity contribution < 1.29 is 9.26 Å². The number of benzene rings is 1. The van der Waals surface area contributed by atoms with Crippen molar-refractivity contribution in [3.05, 3.63) is 36.0 Å². The van der Waals surface area contributed by atoms with E-state index in [-0.39, 0.29) is 0 Å². The lowest BCUT2D eigenvalue weighted by Crippen LogP contribution is -2.11. The second-order valence-electron chi connectivity index (χ2n) is 6.10. The van der Waals surface area contributed by atoms with E-state index in [4.69, 9.17) is 9.26 Å². The summed E-state index contributed by atoms with van der Waals surface area (Å²) in [4.78, 5) is 0. The standard InChI is InChI=1S/C20H30N2O2/c1-3-5-6-7-8-9-14-23-19-12-10-17(11-13-19)20-15-18(22-24-20)16-21-4-2/h10-13,15,21H,3-9,14,16H2,1-2H3. The van der Waals surface area contributed by atoms with Crippen LogP contribution in [0.1, 0.15) is 58.1 Å². The van der Waals surface area contributed by atoms with E-state index in [1.165, 1.54) is 32.1 Å². The predicted octanol–water partition coefficient (Wildman–Crippen LogP) is 5.19. The molecule has 1 N–H and O–H groups in total. The van der Waals surface area contributed by atoms with E-state index in [9.17, 15) is 0 Å². The van der Waals surface area contributed by atoms with Gasteiger partial charge in [-0.15, -0.1) is 0 Å². The normalized spacial score (nSPS) is 10.9. The van der Waals surface area contributed by atoms with Crippen molar-refractivity contribution in [2.75, 3.05) is 13.2 Å². The molecule has 0 bridgehead atoms. The fraction of sp³-hybridized carbons (Fsp3) is 0.550. The van der Waals surface area contributed by atoms with Gasteiger partial charge in [-0.2, -0.15) is 0 Å². The van der Waals surface area contributed by atoms with E-state index in [1.807, 2.05) is 30.3 Å². The third kappa shape index (κ3) is 6.36. The van der Waals surface area contributed by atoms with Gasteiger partial charge in [0.1, 0.15) is 5.75 Å². The first kappa shape index (κ1) is 18.5. The Morgan fingerprint density at radius 3 is 2.50 bits per heavy atom. The van der Waals surface area contributed by atoms with Gasteiger partial charge in [-0.05, 0) is 37.2 Å². The highest BCUT2D eigenvalue weighted by Crippen LogP contribution is 2.23. The number of aromatic nitrogens is 1. The zero-order valence-electron chi connectivity index (χ0n) is 15.0. The summed E-state index contributed by atoms with van der Waals surface area (Å²) in [6, 6.07) is 10.0. The minimum Gasteiger partial charge on any atom is -0.494 e. The van der Waals surface area contributed by atoms with Crippen molar-refractivity contribution in [3.8, 4) is 17.1 Å². The van der Waals surface area contributed by atoms with Crippen LogP contribution in [0.5, 0.6) is 5.75 Å². The molecule has 1 aromatic carbocycles. The van der Waals surface area contributed by atoms with Crippen molar-refractivity contribution in [3.63, 3.8) is 0 Å². The van der Waals surface area contributed by atoms with Crippen LogP contribution in [-0.4, -0.2) is 18.3 Å². The highest BCUT2D eigenvalue weighted by molar-refractivity contribution is 5.58. The average molecular weight is 330 g/mol.